The summed E-state index contributed by atoms with van der Waals surface area (Å²) in [4.78, 5) is 0. The molecule has 0 aromatic heterocycles. The fourth-order valence-corrected chi connectivity index (χ4v) is 2.20. The molecule has 1 rings (SSSR count). The van der Waals surface area contributed by atoms with Gasteiger partial charge in [0.1, 0.15) is 10.7 Å². The number of thiol groups is 1. The second-order valence-electron chi connectivity index (χ2n) is 2.08. The first-order valence-electron chi connectivity index (χ1n) is 3.05. The number of hydrogen-bond acceptors (Lipinski definition) is 2. The summed E-state index contributed by atoms with van der Waals surface area (Å²) in [6.45, 7) is 0. The maximum atomic E-state index is 10.4. The smallest absolute Gasteiger partial charge is 0.144 e. The van der Waals surface area contributed by atoms with Gasteiger partial charge in [0.05, 0.1) is 5.75 Å². The Kier molecular flexibility index (Phi) is 3.32. The third-order valence-corrected chi connectivity index (χ3v) is 2.91. The van der Waals surface area contributed by atoms with Crippen molar-refractivity contribution in [2.24, 2.45) is 0 Å². The van der Waals surface area contributed by atoms with Crippen LogP contribution in [0.3, 0.4) is 0 Å². The zero-order chi connectivity index (χ0) is 8.27. The van der Waals surface area contributed by atoms with Crippen LogP contribution in [0, 0.1) is 3.57 Å². The Morgan fingerprint density at radius 3 is 2.45 bits per heavy atom. The van der Waals surface area contributed by atoms with Crippen LogP contribution < -0.4 is 0 Å². The minimum atomic E-state index is -2.30. The molecule has 0 saturated carbocycles. The van der Waals surface area contributed by atoms with E-state index in [9.17, 15) is 8.42 Å². The van der Waals surface area contributed by atoms with Gasteiger partial charge < -0.3 is 0 Å². The molecule has 60 valence electrons. The van der Waals surface area contributed by atoms with Gasteiger partial charge in [-0.2, -0.15) is 0 Å². The Morgan fingerprint density at radius 2 is 1.91 bits per heavy atom. The largest absolute Gasteiger partial charge is 0.232 e. The van der Waals surface area contributed by atoms with E-state index in [1.165, 1.54) is 0 Å². The normalized spacial score (nSPS) is 10.4. The molecule has 0 fully saturated rings. The summed E-state index contributed by atoms with van der Waals surface area (Å²) in [6, 6.07) is 7.46. The third-order valence-electron chi connectivity index (χ3n) is 1.26. The van der Waals surface area contributed by atoms with Crippen molar-refractivity contribution in [3.8, 4) is 0 Å². The molecule has 0 spiro atoms. The minimum Gasteiger partial charge on any atom is -0.232 e. The van der Waals surface area contributed by atoms with Crippen molar-refractivity contribution in [3.63, 3.8) is 0 Å². The standard InChI is InChI=1S/C7H7IO2S/c8-7-4-2-1-3-6(7)5-11(9)10/h1-4,11H,5H2. The molecular formula is C7H7IO2S. The number of benzene rings is 1. The molecule has 0 saturated heterocycles. The number of halogens is 1. The lowest BCUT2D eigenvalue weighted by molar-refractivity contribution is 0.614. The zero-order valence-electron chi connectivity index (χ0n) is 5.66. The predicted octanol–water partition coefficient (Wildman–Crippen LogP) is 1.40. The monoisotopic (exact) mass is 282 g/mol. The molecule has 0 aliphatic rings. The van der Waals surface area contributed by atoms with Gasteiger partial charge in [0.25, 0.3) is 0 Å². The van der Waals surface area contributed by atoms with Crippen LogP contribution in [0.2, 0.25) is 0 Å². The molecule has 0 radical (unpaired) electrons. The van der Waals surface area contributed by atoms with E-state index in [1.807, 2.05) is 24.3 Å². The molecule has 0 aliphatic carbocycles. The van der Waals surface area contributed by atoms with Crippen molar-refractivity contribution >= 4 is 33.3 Å². The van der Waals surface area contributed by atoms with Crippen LogP contribution in [0.15, 0.2) is 24.3 Å². The molecule has 2 nitrogen and oxygen atoms in total. The van der Waals surface area contributed by atoms with Gasteiger partial charge >= 0.3 is 0 Å². The minimum absolute atomic E-state index is 0.147. The maximum absolute atomic E-state index is 10.4. The molecule has 0 amide bonds. The van der Waals surface area contributed by atoms with Crippen molar-refractivity contribution in [1.29, 1.82) is 0 Å². The molecule has 0 atom stereocenters. The summed E-state index contributed by atoms with van der Waals surface area (Å²) in [5.41, 5.74) is 0.879. The van der Waals surface area contributed by atoms with Crippen LogP contribution >= 0.6 is 22.6 Å². The van der Waals surface area contributed by atoms with Crippen LogP contribution in [0.5, 0.6) is 0 Å². The maximum Gasteiger partial charge on any atom is 0.144 e. The van der Waals surface area contributed by atoms with Gasteiger partial charge in [0.15, 0.2) is 0 Å². The van der Waals surface area contributed by atoms with Crippen molar-refractivity contribution in [2.45, 2.75) is 5.75 Å². The van der Waals surface area contributed by atoms with Gasteiger partial charge in [0.2, 0.25) is 0 Å². The van der Waals surface area contributed by atoms with Crippen LogP contribution in [-0.2, 0) is 16.5 Å². The highest BCUT2D eigenvalue weighted by Crippen LogP contribution is 2.11. The number of hydrogen-bond donors (Lipinski definition) is 1. The van der Waals surface area contributed by atoms with Gasteiger partial charge in [-0.1, -0.05) is 18.2 Å². The van der Waals surface area contributed by atoms with Gasteiger partial charge in [0, 0.05) is 3.57 Å². The summed E-state index contributed by atoms with van der Waals surface area (Å²) in [7, 11) is -2.30. The van der Waals surface area contributed by atoms with Crippen molar-refractivity contribution in [1.82, 2.24) is 0 Å². The lowest BCUT2D eigenvalue weighted by Crippen LogP contribution is -1.89. The first-order chi connectivity index (χ1) is 5.20. The summed E-state index contributed by atoms with van der Waals surface area (Å²) >= 11 is 2.13. The lowest BCUT2D eigenvalue weighted by Gasteiger charge is -1.96. The second kappa shape index (κ2) is 4.06. The summed E-state index contributed by atoms with van der Waals surface area (Å²) in [5.74, 6) is 0.147. The molecule has 0 bridgehead atoms. The quantitative estimate of drug-likeness (QED) is 0.657. The molecule has 4 heteroatoms. The van der Waals surface area contributed by atoms with Crippen molar-refractivity contribution in [2.75, 3.05) is 0 Å². The van der Waals surface area contributed by atoms with E-state index in [2.05, 4.69) is 22.6 Å². The number of rotatable bonds is 2. The van der Waals surface area contributed by atoms with Gasteiger partial charge in [-0.3, -0.25) is 0 Å². The summed E-state index contributed by atoms with van der Waals surface area (Å²) in [5, 5.41) is 0. The molecule has 0 heterocycles. The molecule has 1 aromatic rings. The van der Waals surface area contributed by atoms with Crippen molar-refractivity contribution in [3.05, 3.63) is 33.4 Å². The van der Waals surface area contributed by atoms with Gasteiger partial charge in [-0.25, -0.2) is 8.42 Å². The van der Waals surface area contributed by atoms with Crippen LogP contribution in [0.4, 0.5) is 0 Å². The van der Waals surface area contributed by atoms with E-state index in [0.29, 0.717) is 0 Å². The van der Waals surface area contributed by atoms with E-state index in [1.54, 1.807) is 0 Å². The Balaban J connectivity index is 2.94. The molecular weight excluding hydrogens is 275 g/mol. The Hall–Kier alpha value is -0.100. The Morgan fingerprint density at radius 1 is 1.27 bits per heavy atom. The van der Waals surface area contributed by atoms with Crippen LogP contribution in [-0.4, -0.2) is 8.42 Å². The highest BCUT2D eigenvalue weighted by atomic mass is 127. The van der Waals surface area contributed by atoms with Crippen LogP contribution in [0.1, 0.15) is 5.56 Å². The van der Waals surface area contributed by atoms with E-state index >= 15 is 0 Å². The first-order valence-corrected chi connectivity index (χ1v) is 5.49. The molecule has 1 aromatic carbocycles. The zero-order valence-corrected chi connectivity index (χ0v) is 8.71. The summed E-state index contributed by atoms with van der Waals surface area (Å²) < 4.78 is 21.7. The fraction of sp³-hybridized carbons (Fsp3) is 0.143. The highest BCUT2D eigenvalue weighted by molar-refractivity contribution is 14.1. The molecule has 0 N–H and O–H groups in total. The van der Waals surface area contributed by atoms with E-state index in [4.69, 9.17) is 0 Å². The van der Waals surface area contributed by atoms with Crippen LogP contribution in [0.25, 0.3) is 0 Å². The predicted molar refractivity (Wildman–Crippen MR) is 53.2 cm³/mol. The molecule has 0 aliphatic heterocycles. The topological polar surface area (TPSA) is 34.1 Å². The van der Waals surface area contributed by atoms with Crippen molar-refractivity contribution < 1.29 is 8.42 Å². The SMILES string of the molecule is O=[SH](=O)Cc1ccccc1I. The third kappa shape index (κ3) is 2.78. The summed E-state index contributed by atoms with van der Waals surface area (Å²) in [6.07, 6.45) is 0. The second-order valence-corrected chi connectivity index (χ2v) is 4.23. The molecule has 11 heavy (non-hydrogen) atoms. The average Bonchev–Trinajstić information content (AvgIpc) is 1.93. The molecule has 0 unspecified atom stereocenters. The Labute approximate surface area is 80.7 Å². The van der Waals surface area contributed by atoms with Gasteiger partial charge in [-0.15, -0.1) is 0 Å². The Bertz CT molecular complexity index is 312. The van der Waals surface area contributed by atoms with Gasteiger partial charge in [-0.05, 0) is 34.2 Å². The van der Waals surface area contributed by atoms with E-state index < -0.39 is 10.7 Å². The fourth-order valence-electron chi connectivity index (χ4n) is 0.766. The first kappa shape index (κ1) is 8.99. The van der Waals surface area contributed by atoms with E-state index in [0.717, 1.165) is 9.13 Å². The highest BCUT2D eigenvalue weighted by Gasteiger charge is 1.97. The average molecular weight is 282 g/mol. The van der Waals surface area contributed by atoms with E-state index in [-0.39, 0.29) is 5.75 Å². The lowest BCUT2D eigenvalue weighted by atomic mass is 10.2.